The molecule has 2 N–H and O–H groups in total. The first kappa shape index (κ1) is 23.3. The van der Waals surface area contributed by atoms with Crippen molar-refractivity contribution in [1.82, 2.24) is 9.80 Å². The van der Waals surface area contributed by atoms with Gasteiger partial charge in [-0.15, -0.1) is 0 Å². The summed E-state index contributed by atoms with van der Waals surface area (Å²) >= 11 is 0. The maximum absolute atomic E-state index is 9.61. The van der Waals surface area contributed by atoms with Gasteiger partial charge in [0, 0.05) is 26.2 Å². The Kier molecular flexibility index (Phi) is 8.97. The summed E-state index contributed by atoms with van der Waals surface area (Å²) in [5, 5.41) is 19.2. The molecule has 1 fully saturated rings. The van der Waals surface area contributed by atoms with E-state index in [9.17, 15) is 10.2 Å². The van der Waals surface area contributed by atoms with E-state index in [1.165, 1.54) is 0 Å². The van der Waals surface area contributed by atoms with Gasteiger partial charge in [0.1, 0.15) is 12.5 Å². The molecular formula is C10H24Cl6N2O2Pt. The SMILES string of the molecule is CCC(O)N1CCN(C(O)CC)CC1.[Cl][Pt-2]([Cl])([Cl])([Cl])([Cl])[Cl].[H+].[H+]. The van der Waals surface area contributed by atoms with Crippen LogP contribution >= 0.6 is 56.5 Å². The summed E-state index contributed by atoms with van der Waals surface area (Å²) < 4.78 is 0. The molecule has 0 aromatic carbocycles. The topological polar surface area (TPSA) is 46.9 Å². The fourth-order valence-corrected chi connectivity index (χ4v) is 1.85. The Hall–Kier alpha value is 2.27. The third kappa shape index (κ3) is 15.5. The molecule has 1 aliphatic rings. The third-order valence-electron chi connectivity index (χ3n) is 2.92. The van der Waals surface area contributed by atoms with Gasteiger partial charge < -0.3 is 10.2 Å². The molecule has 0 aromatic rings. The van der Waals surface area contributed by atoms with Crippen LogP contribution in [0.1, 0.15) is 29.5 Å². The van der Waals surface area contributed by atoms with Crippen LogP contribution < -0.4 is 0 Å². The van der Waals surface area contributed by atoms with Gasteiger partial charge in [-0.1, -0.05) is 13.8 Å². The summed E-state index contributed by atoms with van der Waals surface area (Å²) in [6.45, 7) is 7.38. The van der Waals surface area contributed by atoms with Gasteiger partial charge in [0.15, 0.2) is 0 Å². The first-order valence-corrected chi connectivity index (χ1v) is 23.1. The third-order valence-corrected chi connectivity index (χ3v) is 2.92. The van der Waals surface area contributed by atoms with Crippen LogP contribution in [0.5, 0.6) is 0 Å². The maximum atomic E-state index is 9.61. The molecule has 0 radical (unpaired) electrons. The van der Waals surface area contributed by atoms with Crippen molar-refractivity contribution in [3.8, 4) is 0 Å². The monoisotopic (exact) mass is 609 g/mol. The molecule has 0 spiro atoms. The molecule has 0 aromatic heterocycles. The summed E-state index contributed by atoms with van der Waals surface area (Å²) in [5.74, 6) is 0. The number of halogens is 6. The molecule has 1 heterocycles. The predicted molar refractivity (Wildman–Crippen MR) is 93.1 cm³/mol. The van der Waals surface area contributed by atoms with Crippen molar-refractivity contribution in [2.75, 3.05) is 26.2 Å². The summed E-state index contributed by atoms with van der Waals surface area (Å²) in [4.78, 5) is 4.14. The Morgan fingerprint density at radius 2 is 1.00 bits per heavy atom. The van der Waals surface area contributed by atoms with Crippen molar-refractivity contribution >= 4 is 56.5 Å². The normalized spacial score (nSPS) is 24.3. The minimum absolute atomic E-state index is 0. The summed E-state index contributed by atoms with van der Waals surface area (Å²) in [6, 6.07) is 0. The van der Waals surface area contributed by atoms with Gasteiger partial charge in [-0.25, -0.2) is 0 Å². The zero-order valence-corrected chi connectivity index (χ0v) is 18.6. The number of rotatable bonds is 4. The first-order chi connectivity index (χ1) is 9.13. The fraction of sp³-hybridized carbons (Fsp3) is 1.00. The van der Waals surface area contributed by atoms with Gasteiger partial charge in [0.05, 0.1) is 0 Å². The summed E-state index contributed by atoms with van der Waals surface area (Å²) in [6.07, 6.45) is 0.930. The second kappa shape index (κ2) is 8.10. The number of hydrogen-bond donors (Lipinski definition) is 2. The van der Waals surface area contributed by atoms with Crippen LogP contribution in [0.4, 0.5) is 0 Å². The Bertz CT molecular complexity index is 298. The number of piperazine rings is 1. The molecule has 2 atom stereocenters. The Morgan fingerprint density at radius 3 is 1.14 bits per heavy atom. The van der Waals surface area contributed by atoms with E-state index in [1.54, 1.807) is 0 Å². The van der Waals surface area contributed by atoms with Crippen LogP contribution in [0.25, 0.3) is 0 Å². The smallest absolute Gasteiger partial charge is 1.00 e. The van der Waals surface area contributed by atoms with Gasteiger partial charge in [-0.3, -0.25) is 9.80 Å². The molecule has 11 heteroatoms. The second-order valence-corrected chi connectivity index (χ2v) is 53.8. The number of aliphatic hydroxyl groups is 2. The summed E-state index contributed by atoms with van der Waals surface area (Å²) in [5.41, 5.74) is 0. The van der Waals surface area contributed by atoms with E-state index < -0.39 is 7.31 Å². The quantitative estimate of drug-likeness (QED) is 0.494. The first-order valence-electron chi connectivity index (χ1n) is 6.25. The van der Waals surface area contributed by atoms with Crippen molar-refractivity contribution < 1.29 is 20.4 Å². The molecule has 0 bridgehead atoms. The number of hydrogen-bond acceptors (Lipinski definition) is 4. The molecule has 138 valence electrons. The van der Waals surface area contributed by atoms with Crippen molar-refractivity contribution in [1.29, 1.82) is 0 Å². The molecule has 4 nitrogen and oxygen atoms in total. The van der Waals surface area contributed by atoms with E-state index >= 15 is 0 Å². The molecule has 0 saturated carbocycles. The van der Waals surface area contributed by atoms with Crippen molar-refractivity contribution in [3.05, 3.63) is 0 Å². The van der Waals surface area contributed by atoms with E-state index in [2.05, 4.69) is 9.80 Å². The molecule has 21 heavy (non-hydrogen) atoms. The van der Waals surface area contributed by atoms with Crippen LogP contribution in [0.2, 0.25) is 0 Å². The van der Waals surface area contributed by atoms with E-state index in [4.69, 9.17) is 56.5 Å². The largest absolute Gasteiger partial charge is 1.00 e. The fourth-order valence-electron chi connectivity index (χ4n) is 1.85. The van der Waals surface area contributed by atoms with Crippen LogP contribution in [-0.2, 0) is 7.31 Å². The van der Waals surface area contributed by atoms with E-state index in [0.29, 0.717) is 0 Å². The molecular weight excluding hydrogens is 588 g/mol. The predicted octanol–water partition coefficient (Wildman–Crippen LogP) is 4.42. The van der Waals surface area contributed by atoms with Crippen LogP contribution in [0.15, 0.2) is 0 Å². The maximum Gasteiger partial charge on any atom is 1.00 e. The van der Waals surface area contributed by atoms with Gasteiger partial charge in [0.2, 0.25) is 0 Å². The van der Waals surface area contributed by atoms with Gasteiger partial charge >= 0.3 is 66.7 Å². The van der Waals surface area contributed by atoms with E-state index in [0.717, 1.165) is 39.0 Å². The minimum Gasteiger partial charge on any atom is 1.00 e. The Labute approximate surface area is 151 Å². The van der Waals surface area contributed by atoms with Crippen LogP contribution in [-0.4, -0.2) is 58.6 Å². The van der Waals surface area contributed by atoms with Crippen LogP contribution in [0, 0.1) is 0 Å². The Morgan fingerprint density at radius 1 is 0.810 bits per heavy atom. The standard InChI is InChI=1S/C10H22N2O2.6ClH.Pt/c1-3-9(13)11-5-7-12(8-6-11)10(14)4-2;;;;;;;/h9-10,13-14H,3-8H2,1-2H3;6*1H;/q;;;;;;;+4/p-4. The van der Waals surface area contributed by atoms with Crippen molar-refractivity contribution in [2.24, 2.45) is 0 Å². The zero-order chi connectivity index (χ0) is 17.0. The average molecular weight is 612 g/mol. The molecule has 0 aliphatic carbocycles. The second-order valence-electron chi connectivity index (χ2n) is 4.53. The molecule has 1 saturated heterocycles. The van der Waals surface area contributed by atoms with E-state index in [1.807, 2.05) is 13.8 Å². The molecule has 1 aliphatic heterocycles. The molecule has 0 amide bonds. The van der Waals surface area contributed by atoms with Crippen molar-refractivity contribution in [3.63, 3.8) is 0 Å². The number of nitrogens with zero attached hydrogens (tertiary/aromatic N) is 2. The van der Waals surface area contributed by atoms with Gasteiger partial charge in [0.25, 0.3) is 0 Å². The van der Waals surface area contributed by atoms with Crippen molar-refractivity contribution in [2.45, 2.75) is 39.1 Å². The minimum atomic E-state index is -5.29. The molecule has 1 rings (SSSR count). The molecule has 2 unspecified atom stereocenters. The van der Waals surface area contributed by atoms with Gasteiger partial charge in [-0.05, 0) is 12.8 Å². The van der Waals surface area contributed by atoms with E-state index in [-0.39, 0.29) is 15.3 Å². The van der Waals surface area contributed by atoms with Gasteiger partial charge in [-0.2, -0.15) is 0 Å². The zero-order valence-electron chi connectivity index (χ0n) is 13.8. The summed E-state index contributed by atoms with van der Waals surface area (Å²) in [7, 11) is 25.0. The number of aliphatic hydroxyl groups excluding tert-OH is 2. The average Bonchev–Trinajstić information content (AvgIpc) is 2.33. The Balaban J connectivity index is -0.000000386. The van der Waals surface area contributed by atoms with Crippen LogP contribution in [0.3, 0.4) is 0 Å².